The van der Waals surface area contributed by atoms with E-state index in [1.54, 1.807) is 0 Å². The molecule has 1 aromatic carbocycles. The van der Waals surface area contributed by atoms with Gasteiger partial charge >= 0.3 is 0 Å². The Morgan fingerprint density at radius 1 is 1.36 bits per heavy atom. The van der Waals surface area contributed by atoms with Crippen molar-refractivity contribution in [1.29, 1.82) is 0 Å². The summed E-state index contributed by atoms with van der Waals surface area (Å²) in [6.07, 6.45) is 2.72. The molecule has 0 heterocycles. The summed E-state index contributed by atoms with van der Waals surface area (Å²) >= 11 is 0. The topological polar surface area (TPSA) is 73.6 Å². The van der Waals surface area contributed by atoms with Gasteiger partial charge in [0.15, 0.2) is 0 Å². The Labute approximate surface area is 151 Å². The first-order chi connectivity index (χ1) is 11.8. The van der Waals surface area contributed by atoms with Gasteiger partial charge in [-0.25, -0.2) is 0 Å². The lowest BCUT2D eigenvalue weighted by Gasteiger charge is -2.57. The van der Waals surface area contributed by atoms with E-state index in [1.165, 1.54) is 0 Å². The van der Waals surface area contributed by atoms with E-state index in [0.717, 1.165) is 24.2 Å². The van der Waals surface area contributed by atoms with Crippen molar-refractivity contribution in [3.05, 3.63) is 29.8 Å². The minimum absolute atomic E-state index is 0.0311. The van der Waals surface area contributed by atoms with Gasteiger partial charge in [0.25, 0.3) is 0 Å². The van der Waals surface area contributed by atoms with Crippen molar-refractivity contribution < 1.29 is 14.3 Å². The number of nitrogens with two attached hydrogens (primary N) is 1. The van der Waals surface area contributed by atoms with Gasteiger partial charge in [0.2, 0.25) is 5.91 Å². The van der Waals surface area contributed by atoms with Gasteiger partial charge in [-0.1, -0.05) is 39.3 Å². The zero-order valence-electron chi connectivity index (χ0n) is 15.9. The van der Waals surface area contributed by atoms with E-state index in [2.05, 4.69) is 12.2 Å². The second kappa shape index (κ2) is 8.19. The molecule has 0 bridgehead atoms. The number of carbonyl (C=O) groups excluding carboxylic acids is 1. The molecule has 1 aliphatic rings. The standard InChI is InChI=1S/C20H32N2O3/c1-5-7-11-25-16-10-8-9-15(12-16)14-22-18(23)20(21)13-17(24-6-2)19(20,3)4/h8-10,12,17H,5-7,11,13-14,21H2,1-4H3,(H,22,23). The highest BCUT2D eigenvalue weighted by Gasteiger charge is 2.62. The fraction of sp³-hybridized carbons (Fsp3) is 0.650. The Balaban J connectivity index is 1.91. The molecule has 3 N–H and O–H groups in total. The third kappa shape index (κ3) is 4.15. The van der Waals surface area contributed by atoms with Crippen LogP contribution in [0.25, 0.3) is 0 Å². The normalized spacial score (nSPS) is 24.4. The van der Waals surface area contributed by atoms with Crippen molar-refractivity contribution in [1.82, 2.24) is 5.32 Å². The maximum absolute atomic E-state index is 12.7. The number of carbonyl (C=O) groups is 1. The van der Waals surface area contributed by atoms with Gasteiger partial charge in [-0.15, -0.1) is 0 Å². The summed E-state index contributed by atoms with van der Waals surface area (Å²) in [7, 11) is 0. The molecule has 25 heavy (non-hydrogen) atoms. The van der Waals surface area contributed by atoms with Crippen LogP contribution in [-0.2, 0) is 16.1 Å². The molecular formula is C20H32N2O3. The lowest BCUT2D eigenvalue weighted by Crippen LogP contribution is -2.75. The van der Waals surface area contributed by atoms with Crippen LogP contribution in [0.2, 0.25) is 0 Å². The van der Waals surface area contributed by atoms with E-state index in [0.29, 0.717) is 26.2 Å². The van der Waals surface area contributed by atoms with E-state index < -0.39 is 5.54 Å². The fourth-order valence-electron chi connectivity index (χ4n) is 3.24. The minimum atomic E-state index is -0.887. The molecule has 1 aliphatic carbocycles. The van der Waals surface area contributed by atoms with Crippen LogP contribution in [0.15, 0.2) is 24.3 Å². The van der Waals surface area contributed by atoms with Crippen LogP contribution in [0.3, 0.4) is 0 Å². The maximum Gasteiger partial charge on any atom is 0.241 e. The van der Waals surface area contributed by atoms with E-state index in [4.69, 9.17) is 15.2 Å². The van der Waals surface area contributed by atoms with Crippen molar-refractivity contribution in [2.45, 2.75) is 65.1 Å². The molecule has 140 valence electrons. The SMILES string of the molecule is CCCCOc1cccc(CNC(=O)C2(N)CC(OCC)C2(C)C)c1. The Hall–Kier alpha value is -1.59. The largest absolute Gasteiger partial charge is 0.494 e. The summed E-state index contributed by atoms with van der Waals surface area (Å²) in [5, 5.41) is 2.98. The molecule has 0 aromatic heterocycles. The lowest BCUT2D eigenvalue weighted by atomic mass is 9.54. The van der Waals surface area contributed by atoms with Crippen LogP contribution in [0.1, 0.15) is 52.5 Å². The minimum Gasteiger partial charge on any atom is -0.494 e. The second-order valence-corrected chi connectivity index (χ2v) is 7.37. The van der Waals surface area contributed by atoms with Gasteiger partial charge in [-0.2, -0.15) is 0 Å². The molecule has 0 spiro atoms. The van der Waals surface area contributed by atoms with Crippen molar-refractivity contribution in [3.63, 3.8) is 0 Å². The third-order valence-corrected chi connectivity index (χ3v) is 5.35. The number of benzene rings is 1. The van der Waals surface area contributed by atoms with Crippen LogP contribution >= 0.6 is 0 Å². The quantitative estimate of drug-likeness (QED) is 0.673. The highest BCUT2D eigenvalue weighted by molar-refractivity contribution is 5.88. The number of unbranched alkanes of at least 4 members (excludes halogenated alkanes) is 1. The summed E-state index contributed by atoms with van der Waals surface area (Å²) in [5.41, 5.74) is 6.14. The van der Waals surface area contributed by atoms with Crippen molar-refractivity contribution >= 4 is 5.91 Å². The number of hydrogen-bond donors (Lipinski definition) is 2. The molecule has 0 saturated heterocycles. The number of rotatable bonds is 9. The van der Waals surface area contributed by atoms with E-state index in [1.807, 2.05) is 45.0 Å². The molecule has 5 nitrogen and oxygen atoms in total. The average molecular weight is 348 g/mol. The molecule has 1 aromatic rings. The predicted octanol–water partition coefficient (Wildman–Crippen LogP) is 3.01. The van der Waals surface area contributed by atoms with Gasteiger partial charge in [0, 0.05) is 25.0 Å². The molecule has 2 rings (SSSR count). The Morgan fingerprint density at radius 3 is 2.76 bits per heavy atom. The maximum atomic E-state index is 12.7. The summed E-state index contributed by atoms with van der Waals surface area (Å²) < 4.78 is 11.4. The van der Waals surface area contributed by atoms with Crippen molar-refractivity contribution in [2.24, 2.45) is 11.1 Å². The third-order valence-electron chi connectivity index (χ3n) is 5.35. The monoisotopic (exact) mass is 348 g/mol. The molecule has 2 atom stereocenters. The fourth-order valence-corrected chi connectivity index (χ4v) is 3.24. The number of hydrogen-bond acceptors (Lipinski definition) is 4. The second-order valence-electron chi connectivity index (χ2n) is 7.37. The van der Waals surface area contributed by atoms with Crippen LogP contribution in [-0.4, -0.2) is 30.8 Å². The Morgan fingerprint density at radius 2 is 2.12 bits per heavy atom. The molecular weight excluding hydrogens is 316 g/mol. The van der Waals surface area contributed by atoms with Crippen molar-refractivity contribution in [3.8, 4) is 5.75 Å². The predicted molar refractivity (Wildman–Crippen MR) is 99.4 cm³/mol. The van der Waals surface area contributed by atoms with Crippen LogP contribution in [0, 0.1) is 5.41 Å². The lowest BCUT2D eigenvalue weighted by molar-refractivity contribution is -0.170. The van der Waals surface area contributed by atoms with Crippen LogP contribution in [0.4, 0.5) is 0 Å². The first kappa shape index (κ1) is 19.7. The number of ether oxygens (including phenoxy) is 2. The molecule has 0 aliphatic heterocycles. The smallest absolute Gasteiger partial charge is 0.241 e. The molecule has 1 fully saturated rings. The van der Waals surface area contributed by atoms with Gasteiger partial charge < -0.3 is 20.5 Å². The zero-order chi connectivity index (χ0) is 18.5. The molecule has 0 radical (unpaired) electrons. The van der Waals surface area contributed by atoms with Gasteiger partial charge in [0.05, 0.1) is 12.7 Å². The van der Waals surface area contributed by atoms with Crippen LogP contribution < -0.4 is 15.8 Å². The number of amides is 1. The van der Waals surface area contributed by atoms with Gasteiger partial charge in [0.1, 0.15) is 11.3 Å². The molecule has 2 unspecified atom stereocenters. The highest BCUT2D eigenvalue weighted by Crippen LogP contribution is 2.49. The summed E-state index contributed by atoms with van der Waals surface area (Å²) in [6.45, 7) is 9.88. The van der Waals surface area contributed by atoms with Gasteiger partial charge in [-0.05, 0) is 31.0 Å². The van der Waals surface area contributed by atoms with Crippen LogP contribution in [0.5, 0.6) is 5.75 Å². The Bertz CT molecular complexity index is 588. The Kier molecular flexibility index (Phi) is 6.47. The molecule has 1 saturated carbocycles. The summed E-state index contributed by atoms with van der Waals surface area (Å²) in [6, 6.07) is 7.83. The first-order valence-electron chi connectivity index (χ1n) is 9.25. The van der Waals surface area contributed by atoms with E-state index in [-0.39, 0.29) is 17.4 Å². The summed E-state index contributed by atoms with van der Waals surface area (Å²) in [5.74, 6) is 0.716. The van der Waals surface area contributed by atoms with Gasteiger partial charge in [-0.3, -0.25) is 4.79 Å². The zero-order valence-corrected chi connectivity index (χ0v) is 15.9. The van der Waals surface area contributed by atoms with E-state index >= 15 is 0 Å². The summed E-state index contributed by atoms with van der Waals surface area (Å²) in [4.78, 5) is 12.7. The first-order valence-corrected chi connectivity index (χ1v) is 9.25. The highest BCUT2D eigenvalue weighted by atomic mass is 16.5. The number of nitrogens with one attached hydrogen (secondary N) is 1. The van der Waals surface area contributed by atoms with Crippen molar-refractivity contribution in [2.75, 3.05) is 13.2 Å². The molecule has 5 heteroatoms. The molecule has 1 amide bonds. The average Bonchev–Trinajstić information content (AvgIpc) is 2.60. The van der Waals surface area contributed by atoms with E-state index in [9.17, 15) is 4.79 Å².